The van der Waals surface area contributed by atoms with Gasteiger partial charge < -0.3 is 15.8 Å². The fourth-order valence-corrected chi connectivity index (χ4v) is 1.28. The van der Waals surface area contributed by atoms with Crippen LogP contribution in [0.4, 0.5) is 0 Å². The zero-order valence-electron chi connectivity index (χ0n) is 8.05. The first-order chi connectivity index (χ1) is 5.74. The molecule has 1 rings (SSSR count). The van der Waals surface area contributed by atoms with Crippen LogP contribution in [0.5, 0.6) is 0 Å². The van der Waals surface area contributed by atoms with Crippen molar-refractivity contribution in [3.8, 4) is 0 Å². The first-order valence-electron chi connectivity index (χ1n) is 4.72. The Hall–Kier alpha value is -0.120. The van der Waals surface area contributed by atoms with Crippen LogP contribution in [0, 0.1) is 5.92 Å². The Morgan fingerprint density at radius 2 is 2.33 bits per heavy atom. The Labute approximate surface area is 74.7 Å². The zero-order chi connectivity index (χ0) is 8.97. The summed E-state index contributed by atoms with van der Waals surface area (Å²) in [4.78, 5) is 0. The summed E-state index contributed by atoms with van der Waals surface area (Å²) in [5.41, 5.74) is 5.84. The smallest absolute Gasteiger partial charge is 0.0477 e. The van der Waals surface area contributed by atoms with E-state index in [9.17, 15) is 0 Å². The maximum atomic E-state index is 5.84. The van der Waals surface area contributed by atoms with Crippen molar-refractivity contribution in [2.75, 3.05) is 20.3 Å². The van der Waals surface area contributed by atoms with Gasteiger partial charge in [-0.15, -0.1) is 0 Å². The molecule has 1 fully saturated rings. The van der Waals surface area contributed by atoms with E-state index in [1.165, 1.54) is 6.42 Å². The quantitative estimate of drug-likeness (QED) is 0.607. The highest BCUT2D eigenvalue weighted by Crippen LogP contribution is 2.28. The molecule has 0 saturated heterocycles. The summed E-state index contributed by atoms with van der Waals surface area (Å²) in [5, 5.41) is 3.43. The third-order valence-electron chi connectivity index (χ3n) is 2.44. The van der Waals surface area contributed by atoms with Crippen LogP contribution in [0.15, 0.2) is 0 Å². The monoisotopic (exact) mass is 172 g/mol. The maximum absolute atomic E-state index is 5.84. The van der Waals surface area contributed by atoms with E-state index in [1.807, 2.05) is 0 Å². The van der Waals surface area contributed by atoms with Crippen LogP contribution in [-0.2, 0) is 4.74 Å². The van der Waals surface area contributed by atoms with Crippen LogP contribution in [-0.4, -0.2) is 32.3 Å². The number of hydrogen-bond donors (Lipinski definition) is 2. The number of rotatable bonds is 6. The fraction of sp³-hybridized carbons (Fsp3) is 1.00. The third kappa shape index (κ3) is 3.52. The van der Waals surface area contributed by atoms with E-state index in [-0.39, 0.29) is 6.04 Å². The molecule has 12 heavy (non-hydrogen) atoms. The molecule has 0 heterocycles. The molecule has 0 spiro atoms. The van der Waals surface area contributed by atoms with E-state index < -0.39 is 0 Å². The molecular weight excluding hydrogens is 152 g/mol. The molecule has 1 aliphatic rings. The Balaban J connectivity index is 1.91. The SMILES string of the molecule is COCCC(N)CNC1CC1C. The van der Waals surface area contributed by atoms with Gasteiger partial charge in [-0.1, -0.05) is 6.92 Å². The van der Waals surface area contributed by atoms with Crippen LogP contribution < -0.4 is 11.1 Å². The highest BCUT2D eigenvalue weighted by molar-refractivity contribution is 4.90. The molecule has 3 N–H and O–H groups in total. The van der Waals surface area contributed by atoms with Crippen molar-refractivity contribution in [2.45, 2.75) is 31.8 Å². The van der Waals surface area contributed by atoms with Gasteiger partial charge in [0.2, 0.25) is 0 Å². The largest absolute Gasteiger partial charge is 0.385 e. The fourth-order valence-electron chi connectivity index (χ4n) is 1.28. The summed E-state index contributed by atoms with van der Waals surface area (Å²) >= 11 is 0. The summed E-state index contributed by atoms with van der Waals surface area (Å²) in [6.07, 6.45) is 2.27. The van der Waals surface area contributed by atoms with E-state index in [2.05, 4.69) is 12.2 Å². The van der Waals surface area contributed by atoms with Gasteiger partial charge in [0, 0.05) is 32.3 Å². The lowest BCUT2D eigenvalue weighted by Crippen LogP contribution is -2.36. The molecule has 1 aliphatic carbocycles. The first kappa shape index (κ1) is 9.96. The standard InChI is InChI=1S/C9H20N2O/c1-7-5-9(7)11-6-8(10)3-4-12-2/h7-9,11H,3-6,10H2,1-2H3. The van der Waals surface area contributed by atoms with Crippen LogP contribution in [0.25, 0.3) is 0 Å². The minimum absolute atomic E-state index is 0.248. The van der Waals surface area contributed by atoms with Gasteiger partial charge in [-0.05, 0) is 18.8 Å². The molecule has 3 atom stereocenters. The average molecular weight is 172 g/mol. The number of hydrogen-bond acceptors (Lipinski definition) is 3. The molecule has 0 aromatic carbocycles. The zero-order valence-corrected chi connectivity index (χ0v) is 8.05. The van der Waals surface area contributed by atoms with Gasteiger partial charge >= 0.3 is 0 Å². The Morgan fingerprint density at radius 1 is 1.67 bits per heavy atom. The Morgan fingerprint density at radius 3 is 2.83 bits per heavy atom. The summed E-state index contributed by atoms with van der Waals surface area (Å²) < 4.78 is 4.95. The second kappa shape index (κ2) is 4.80. The second-order valence-electron chi connectivity index (χ2n) is 3.77. The highest BCUT2D eigenvalue weighted by Gasteiger charge is 2.31. The number of nitrogens with one attached hydrogen (secondary N) is 1. The molecule has 0 bridgehead atoms. The van der Waals surface area contributed by atoms with Crippen molar-refractivity contribution >= 4 is 0 Å². The van der Waals surface area contributed by atoms with Crippen molar-refractivity contribution in [3.63, 3.8) is 0 Å². The van der Waals surface area contributed by atoms with Gasteiger partial charge in [0.15, 0.2) is 0 Å². The number of nitrogens with two attached hydrogens (primary N) is 1. The molecule has 0 radical (unpaired) electrons. The summed E-state index contributed by atoms with van der Waals surface area (Å²) in [6, 6.07) is 0.983. The maximum Gasteiger partial charge on any atom is 0.0477 e. The predicted molar refractivity (Wildman–Crippen MR) is 50.0 cm³/mol. The van der Waals surface area contributed by atoms with Crippen molar-refractivity contribution in [1.29, 1.82) is 0 Å². The van der Waals surface area contributed by atoms with Crippen LogP contribution in [0.3, 0.4) is 0 Å². The van der Waals surface area contributed by atoms with Gasteiger partial charge in [0.1, 0.15) is 0 Å². The van der Waals surface area contributed by atoms with Gasteiger partial charge in [-0.2, -0.15) is 0 Å². The predicted octanol–water partition coefficient (Wildman–Crippen LogP) is 0.348. The highest BCUT2D eigenvalue weighted by atomic mass is 16.5. The molecule has 0 amide bonds. The van der Waals surface area contributed by atoms with Gasteiger partial charge in [0.05, 0.1) is 0 Å². The average Bonchev–Trinajstić information content (AvgIpc) is 2.75. The topological polar surface area (TPSA) is 47.3 Å². The van der Waals surface area contributed by atoms with Crippen molar-refractivity contribution in [3.05, 3.63) is 0 Å². The lowest BCUT2D eigenvalue weighted by molar-refractivity contribution is 0.187. The summed E-state index contributed by atoms with van der Waals surface area (Å²) in [7, 11) is 1.71. The molecule has 72 valence electrons. The van der Waals surface area contributed by atoms with E-state index in [4.69, 9.17) is 10.5 Å². The number of methoxy groups -OCH3 is 1. The Bertz CT molecular complexity index is 130. The second-order valence-corrected chi connectivity index (χ2v) is 3.77. The van der Waals surface area contributed by atoms with Crippen molar-refractivity contribution in [1.82, 2.24) is 5.32 Å². The molecule has 3 heteroatoms. The third-order valence-corrected chi connectivity index (χ3v) is 2.44. The van der Waals surface area contributed by atoms with Crippen LogP contribution in [0.2, 0.25) is 0 Å². The molecule has 0 aromatic rings. The van der Waals surface area contributed by atoms with Crippen molar-refractivity contribution in [2.24, 2.45) is 11.7 Å². The molecule has 0 aromatic heterocycles. The van der Waals surface area contributed by atoms with Gasteiger partial charge in [-0.3, -0.25) is 0 Å². The first-order valence-corrected chi connectivity index (χ1v) is 4.72. The van der Waals surface area contributed by atoms with Crippen molar-refractivity contribution < 1.29 is 4.74 Å². The van der Waals surface area contributed by atoms with Crippen LogP contribution in [0.1, 0.15) is 19.8 Å². The normalized spacial score (nSPS) is 30.2. The van der Waals surface area contributed by atoms with Gasteiger partial charge in [0.25, 0.3) is 0 Å². The summed E-state index contributed by atoms with van der Waals surface area (Å²) in [6.45, 7) is 3.96. The minimum Gasteiger partial charge on any atom is -0.385 e. The van der Waals surface area contributed by atoms with E-state index >= 15 is 0 Å². The lowest BCUT2D eigenvalue weighted by atomic mass is 10.2. The number of ether oxygens (including phenoxy) is 1. The minimum atomic E-state index is 0.248. The van der Waals surface area contributed by atoms with Gasteiger partial charge in [-0.25, -0.2) is 0 Å². The van der Waals surface area contributed by atoms with E-state index in [1.54, 1.807) is 7.11 Å². The molecular formula is C9H20N2O. The molecule has 0 aliphatic heterocycles. The van der Waals surface area contributed by atoms with Crippen LogP contribution >= 0.6 is 0 Å². The molecule has 3 nitrogen and oxygen atoms in total. The summed E-state index contributed by atoms with van der Waals surface area (Å²) in [5.74, 6) is 0.861. The Kier molecular flexibility index (Phi) is 3.98. The molecule has 1 saturated carbocycles. The van der Waals surface area contributed by atoms with E-state index in [0.29, 0.717) is 0 Å². The lowest BCUT2D eigenvalue weighted by Gasteiger charge is -2.11. The molecule has 3 unspecified atom stereocenters. The van der Waals surface area contributed by atoms with E-state index in [0.717, 1.165) is 31.5 Å².